The SMILES string of the molecule is c1ccc2c(c1)NCC[C@H]2Cc1ncc[nH]1. The van der Waals surface area contributed by atoms with Crippen LogP contribution in [0.3, 0.4) is 0 Å². The third-order valence-electron chi connectivity index (χ3n) is 3.20. The second kappa shape index (κ2) is 4.00. The van der Waals surface area contributed by atoms with Gasteiger partial charge in [0.1, 0.15) is 5.82 Å². The number of fused-ring (bicyclic) bond motifs is 1. The van der Waals surface area contributed by atoms with Gasteiger partial charge in [-0.2, -0.15) is 0 Å². The van der Waals surface area contributed by atoms with E-state index in [1.807, 2.05) is 12.4 Å². The lowest BCUT2D eigenvalue weighted by Gasteiger charge is -2.26. The van der Waals surface area contributed by atoms with Gasteiger partial charge in [-0.1, -0.05) is 18.2 Å². The Kier molecular flexibility index (Phi) is 2.37. The first-order valence-corrected chi connectivity index (χ1v) is 5.74. The lowest BCUT2D eigenvalue weighted by Crippen LogP contribution is -2.18. The van der Waals surface area contributed by atoms with Gasteiger partial charge in [0.15, 0.2) is 0 Å². The van der Waals surface area contributed by atoms with Crippen LogP contribution in [0.25, 0.3) is 0 Å². The Morgan fingerprint density at radius 3 is 3.12 bits per heavy atom. The third-order valence-corrected chi connectivity index (χ3v) is 3.20. The molecule has 3 heteroatoms. The average molecular weight is 213 g/mol. The second-order valence-corrected chi connectivity index (χ2v) is 4.24. The molecule has 1 aliphatic heterocycles. The zero-order valence-corrected chi connectivity index (χ0v) is 9.11. The maximum absolute atomic E-state index is 4.31. The first kappa shape index (κ1) is 9.46. The molecule has 2 N–H and O–H groups in total. The van der Waals surface area contributed by atoms with Gasteiger partial charge in [0.25, 0.3) is 0 Å². The Bertz CT molecular complexity index is 462. The van der Waals surface area contributed by atoms with Crippen LogP contribution in [0.15, 0.2) is 36.7 Å². The minimum absolute atomic E-state index is 0.587. The Labute approximate surface area is 94.9 Å². The molecule has 82 valence electrons. The van der Waals surface area contributed by atoms with Crippen LogP contribution in [0, 0.1) is 0 Å². The lowest BCUT2D eigenvalue weighted by atomic mass is 9.88. The Balaban J connectivity index is 1.87. The summed E-state index contributed by atoms with van der Waals surface area (Å²) in [5, 5.41) is 3.44. The molecule has 0 spiro atoms. The number of rotatable bonds is 2. The molecule has 0 aliphatic carbocycles. The van der Waals surface area contributed by atoms with Gasteiger partial charge in [-0.05, 0) is 24.0 Å². The molecule has 2 heterocycles. The summed E-state index contributed by atoms with van der Waals surface area (Å²) >= 11 is 0. The van der Waals surface area contributed by atoms with Crippen LogP contribution in [0.5, 0.6) is 0 Å². The molecule has 3 rings (SSSR count). The number of hydrogen-bond acceptors (Lipinski definition) is 2. The smallest absolute Gasteiger partial charge is 0.106 e. The van der Waals surface area contributed by atoms with E-state index in [4.69, 9.17) is 0 Å². The molecule has 0 saturated heterocycles. The van der Waals surface area contributed by atoms with Gasteiger partial charge in [0.05, 0.1) is 0 Å². The normalized spacial score (nSPS) is 18.9. The van der Waals surface area contributed by atoms with Gasteiger partial charge in [-0.3, -0.25) is 0 Å². The fraction of sp³-hybridized carbons (Fsp3) is 0.308. The summed E-state index contributed by atoms with van der Waals surface area (Å²) in [6.07, 6.45) is 5.90. The predicted molar refractivity (Wildman–Crippen MR) is 64.6 cm³/mol. The number of hydrogen-bond donors (Lipinski definition) is 2. The number of H-pyrrole nitrogens is 1. The van der Waals surface area contributed by atoms with E-state index < -0.39 is 0 Å². The summed E-state index contributed by atoms with van der Waals surface area (Å²) in [7, 11) is 0. The molecule has 16 heavy (non-hydrogen) atoms. The largest absolute Gasteiger partial charge is 0.385 e. The first-order valence-electron chi connectivity index (χ1n) is 5.74. The van der Waals surface area contributed by atoms with Crippen molar-refractivity contribution in [2.45, 2.75) is 18.8 Å². The molecular formula is C13H15N3. The van der Waals surface area contributed by atoms with Crippen LogP contribution in [0.2, 0.25) is 0 Å². The molecule has 3 nitrogen and oxygen atoms in total. The number of para-hydroxylation sites is 1. The minimum atomic E-state index is 0.587. The monoisotopic (exact) mass is 213 g/mol. The van der Waals surface area contributed by atoms with Crippen molar-refractivity contribution in [2.75, 3.05) is 11.9 Å². The fourth-order valence-electron chi connectivity index (χ4n) is 2.41. The van der Waals surface area contributed by atoms with Gasteiger partial charge in [-0.15, -0.1) is 0 Å². The highest BCUT2D eigenvalue weighted by atomic mass is 14.9. The number of nitrogens with one attached hydrogen (secondary N) is 2. The predicted octanol–water partition coefficient (Wildman–Crippen LogP) is 2.55. The number of aromatic amines is 1. The second-order valence-electron chi connectivity index (χ2n) is 4.24. The maximum Gasteiger partial charge on any atom is 0.106 e. The van der Waals surface area contributed by atoms with E-state index in [-0.39, 0.29) is 0 Å². The molecule has 2 aromatic rings. The highest BCUT2D eigenvalue weighted by Crippen LogP contribution is 2.32. The van der Waals surface area contributed by atoms with E-state index in [1.54, 1.807) is 0 Å². The molecule has 1 aromatic heterocycles. The van der Waals surface area contributed by atoms with E-state index in [2.05, 4.69) is 39.6 Å². The zero-order chi connectivity index (χ0) is 10.8. The maximum atomic E-state index is 4.31. The Morgan fingerprint density at radius 1 is 1.31 bits per heavy atom. The van der Waals surface area contributed by atoms with Crippen molar-refractivity contribution in [3.63, 3.8) is 0 Å². The van der Waals surface area contributed by atoms with Crippen molar-refractivity contribution in [3.8, 4) is 0 Å². The number of anilines is 1. The van der Waals surface area contributed by atoms with Crippen LogP contribution < -0.4 is 5.32 Å². The molecule has 0 saturated carbocycles. The van der Waals surface area contributed by atoms with Crippen molar-refractivity contribution in [1.82, 2.24) is 9.97 Å². The summed E-state index contributed by atoms with van der Waals surface area (Å²) in [4.78, 5) is 7.49. The Hall–Kier alpha value is -1.77. The van der Waals surface area contributed by atoms with E-state index in [0.29, 0.717) is 5.92 Å². The minimum Gasteiger partial charge on any atom is -0.385 e. The van der Waals surface area contributed by atoms with Crippen LogP contribution in [0.4, 0.5) is 5.69 Å². The lowest BCUT2D eigenvalue weighted by molar-refractivity contribution is 0.609. The summed E-state index contributed by atoms with van der Waals surface area (Å²) in [6, 6.07) is 8.57. The molecule has 0 fully saturated rings. The summed E-state index contributed by atoms with van der Waals surface area (Å²) in [5.74, 6) is 1.67. The van der Waals surface area contributed by atoms with Gasteiger partial charge in [-0.25, -0.2) is 4.98 Å². The zero-order valence-electron chi connectivity index (χ0n) is 9.11. The van der Waals surface area contributed by atoms with E-state index in [0.717, 1.165) is 18.8 Å². The Morgan fingerprint density at radius 2 is 2.25 bits per heavy atom. The van der Waals surface area contributed by atoms with Crippen LogP contribution >= 0.6 is 0 Å². The van der Waals surface area contributed by atoms with Crippen LogP contribution in [-0.4, -0.2) is 16.5 Å². The highest BCUT2D eigenvalue weighted by Gasteiger charge is 2.20. The standard InChI is InChI=1S/C13H15N3/c1-2-4-12-11(3-1)10(5-6-14-12)9-13-15-7-8-16-13/h1-4,7-8,10,14H,5-6,9H2,(H,15,16)/t10-/m0/s1. The molecule has 1 atom stereocenters. The van der Waals surface area contributed by atoms with E-state index in [1.165, 1.54) is 17.7 Å². The number of aromatic nitrogens is 2. The number of benzene rings is 1. The van der Waals surface area contributed by atoms with E-state index in [9.17, 15) is 0 Å². The van der Waals surface area contributed by atoms with Crippen molar-refractivity contribution >= 4 is 5.69 Å². The summed E-state index contributed by atoms with van der Waals surface area (Å²) in [5.41, 5.74) is 2.70. The van der Waals surface area contributed by atoms with Crippen molar-refractivity contribution in [2.24, 2.45) is 0 Å². The average Bonchev–Trinajstić information content (AvgIpc) is 2.82. The number of nitrogens with zero attached hydrogens (tertiary/aromatic N) is 1. The van der Waals surface area contributed by atoms with E-state index >= 15 is 0 Å². The van der Waals surface area contributed by atoms with Gasteiger partial charge < -0.3 is 10.3 Å². The van der Waals surface area contributed by atoms with Crippen molar-refractivity contribution in [3.05, 3.63) is 48.0 Å². The molecule has 1 aliphatic rings. The first-order chi connectivity index (χ1) is 7.93. The molecular weight excluding hydrogens is 198 g/mol. The topological polar surface area (TPSA) is 40.7 Å². The van der Waals surface area contributed by atoms with Crippen molar-refractivity contribution in [1.29, 1.82) is 0 Å². The molecule has 0 radical (unpaired) electrons. The van der Waals surface area contributed by atoms with Crippen molar-refractivity contribution < 1.29 is 0 Å². The quantitative estimate of drug-likeness (QED) is 0.805. The van der Waals surface area contributed by atoms with Gasteiger partial charge in [0, 0.05) is 31.0 Å². The fourth-order valence-corrected chi connectivity index (χ4v) is 2.41. The van der Waals surface area contributed by atoms with Gasteiger partial charge in [0.2, 0.25) is 0 Å². The highest BCUT2D eigenvalue weighted by molar-refractivity contribution is 5.54. The van der Waals surface area contributed by atoms with Crippen LogP contribution in [0.1, 0.15) is 23.7 Å². The molecule has 0 unspecified atom stereocenters. The molecule has 0 amide bonds. The summed E-state index contributed by atoms with van der Waals surface area (Å²) < 4.78 is 0. The third kappa shape index (κ3) is 1.69. The number of imidazole rings is 1. The summed E-state index contributed by atoms with van der Waals surface area (Å²) in [6.45, 7) is 1.06. The molecule has 1 aromatic carbocycles. The van der Waals surface area contributed by atoms with Crippen LogP contribution in [-0.2, 0) is 6.42 Å². The molecule has 0 bridgehead atoms. The van der Waals surface area contributed by atoms with Gasteiger partial charge >= 0.3 is 0 Å².